The lowest BCUT2D eigenvalue weighted by Crippen LogP contribution is -2.38. The van der Waals surface area contributed by atoms with Crippen LogP contribution in [0.25, 0.3) is 0 Å². The first-order chi connectivity index (χ1) is 7.99. The van der Waals surface area contributed by atoms with Gasteiger partial charge in [0.25, 0.3) is 0 Å². The van der Waals surface area contributed by atoms with Crippen molar-refractivity contribution in [3.8, 4) is 0 Å². The molecule has 1 fully saturated rings. The van der Waals surface area contributed by atoms with Gasteiger partial charge in [-0.05, 0) is 13.8 Å². The highest BCUT2D eigenvalue weighted by Gasteiger charge is 2.30. The number of halogens is 1. The SMILES string of the molecule is Cc1nn(C[C@@H]2N[C@@H](C(=O)O)CS2)c(C)c1Cl. The van der Waals surface area contributed by atoms with Crippen LogP contribution >= 0.6 is 23.4 Å². The molecule has 94 valence electrons. The number of hydrogen-bond donors (Lipinski definition) is 2. The average Bonchev–Trinajstić information content (AvgIpc) is 2.82. The topological polar surface area (TPSA) is 67.2 Å². The van der Waals surface area contributed by atoms with Crippen molar-refractivity contribution in [1.82, 2.24) is 15.1 Å². The first-order valence-electron chi connectivity index (χ1n) is 5.29. The Labute approximate surface area is 109 Å². The lowest BCUT2D eigenvalue weighted by molar-refractivity contribution is -0.138. The minimum Gasteiger partial charge on any atom is -0.480 e. The van der Waals surface area contributed by atoms with Crippen LogP contribution in [0.5, 0.6) is 0 Å². The molecular weight excluding hydrogens is 262 g/mol. The van der Waals surface area contributed by atoms with Crippen molar-refractivity contribution in [1.29, 1.82) is 0 Å². The van der Waals surface area contributed by atoms with Crippen molar-refractivity contribution >= 4 is 29.3 Å². The summed E-state index contributed by atoms with van der Waals surface area (Å²) in [5.41, 5.74) is 1.73. The zero-order valence-electron chi connectivity index (χ0n) is 9.61. The molecule has 0 aliphatic carbocycles. The number of carbonyl (C=O) groups is 1. The first-order valence-corrected chi connectivity index (χ1v) is 6.71. The Kier molecular flexibility index (Phi) is 3.65. The molecule has 1 aromatic rings. The summed E-state index contributed by atoms with van der Waals surface area (Å²) in [6, 6.07) is -0.461. The van der Waals surface area contributed by atoms with E-state index >= 15 is 0 Å². The molecule has 0 amide bonds. The van der Waals surface area contributed by atoms with Gasteiger partial charge < -0.3 is 5.11 Å². The number of nitrogens with one attached hydrogen (secondary N) is 1. The van der Waals surface area contributed by atoms with Gasteiger partial charge in [0.05, 0.1) is 28.3 Å². The van der Waals surface area contributed by atoms with Gasteiger partial charge in [-0.3, -0.25) is 14.8 Å². The second-order valence-corrected chi connectivity index (χ2v) is 5.66. The van der Waals surface area contributed by atoms with Crippen LogP contribution in [0.15, 0.2) is 0 Å². The molecule has 2 rings (SSSR count). The molecule has 0 unspecified atom stereocenters. The van der Waals surface area contributed by atoms with Gasteiger partial charge in [0.1, 0.15) is 6.04 Å². The molecule has 17 heavy (non-hydrogen) atoms. The number of nitrogens with zero attached hydrogens (tertiary/aromatic N) is 2. The summed E-state index contributed by atoms with van der Waals surface area (Å²) in [5.74, 6) is -0.209. The Balaban J connectivity index is 2.03. The van der Waals surface area contributed by atoms with Crippen molar-refractivity contribution in [2.75, 3.05) is 5.75 Å². The first kappa shape index (κ1) is 12.7. The Hall–Kier alpha value is -0.720. The normalized spacial score (nSPS) is 24.2. The Morgan fingerprint density at radius 3 is 2.88 bits per heavy atom. The van der Waals surface area contributed by atoms with Gasteiger partial charge in [-0.1, -0.05) is 11.6 Å². The summed E-state index contributed by atoms with van der Waals surface area (Å²) in [7, 11) is 0. The molecule has 0 radical (unpaired) electrons. The highest BCUT2D eigenvalue weighted by atomic mass is 35.5. The number of carboxylic acids is 1. The molecule has 2 heterocycles. The van der Waals surface area contributed by atoms with Crippen LogP contribution in [0, 0.1) is 13.8 Å². The Morgan fingerprint density at radius 2 is 2.41 bits per heavy atom. The van der Waals surface area contributed by atoms with E-state index in [1.54, 1.807) is 11.8 Å². The number of aliphatic carboxylic acids is 1. The van der Waals surface area contributed by atoms with Crippen LogP contribution < -0.4 is 5.32 Å². The highest BCUT2D eigenvalue weighted by molar-refractivity contribution is 8.00. The van der Waals surface area contributed by atoms with Gasteiger partial charge in [-0.2, -0.15) is 5.10 Å². The minimum absolute atomic E-state index is 0.0742. The van der Waals surface area contributed by atoms with Crippen LogP contribution in [-0.2, 0) is 11.3 Å². The van der Waals surface area contributed by atoms with Crippen molar-refractivity contribution in [3.63, 3.8) is 0 Å². The lowest BCUT2D eigenvalue weighted by Gasteiger charge is -2.12. The number of aryl methyl sites for hydroxylation is 1. The van der Waals surface area contributed by atoms with Gasteiger partial charge >= 0.3 is 5.97 Å². The molecule has 1 aromatic heterocycles. The molecule has 5 nitrogen and oxygen atoms in total. The number of hydrogen-bond acceptors (Lipinski definition) is 4. The summed E-state index contributed by atoms with van der Waals surface area (Å²) in [5, 5.41) is 17.0. The Bertz CT molecular complexity index is 449. The quantitative estimate of drug-likeness (QED) is 0.870. The van der Waals surface area contributed by atoms with Crippen LogP contribution in [0.2, 0.25) is 5.02 Å². The van der Waals surface area contributed by atoms with Gasteiger partial charge in [0.2, 0.25) is 0 Å². The van der Waals surface area contributed by atoms with E-state index in [9.17, 15) is 4.79 Å². The van der Waals surface area contributed by atoms with E-state index in [2.05, 4.69) is 10.4 Å². The maximum Gasteiger partial charge on any atom is 0.321 e. The van der Waals surface area contributed by atoms with E-state index < -0.39 is 12.0 Å². The standard InChI is InChI=1S/C10H14ClN3O2S/c1-5-9(11)6(2)14(13-5)3-8-12-7(4-17-8)10(15)16/h7-8,12H,3-4H2,1-2H3,(H,15,16)/t7-,8-/m1/s1. The fourth-order valence-electron chi connectivity index (χ4n) is 1.79. The fourth-order valence-corrected chi connectivity index (χ4v) is 3.10. The average molecular weight is 276 g/mol. The van der Waals surface area contributed by atoms with Crippen molar-refractivity contribution in [2.45, 2.75) is 31.8 Å². The number of thioether (sulfide) groups is 1. The van der Waals surface area contributed by atoms with Crippen LogP contribution in [-0.4, -0.2) is 38.0 Å². The van der Waals surface area contributed by atoms with E-state index in [-0.39, 0.29) is 5.37 Å². The van der Waals surface area contributed by atoms with E-state index in [0.29, 0.717) is 17.3 Å². The van der Waals surface area contributed by atoms with E-state index in [1.165, 1.54) is 0 Å². The lowest BCUT2D eigenvalue weighted by atomic mass is 10.3. The van der Waals surface area contributed by atoms with Crippen LogP contribution in [0.3, 0.4) is 0 Å². The second-order valence-electron chi connectivity index (χ2n) is 4.05. The maximum absolute atomic E-state index is 10.8. The summed E-state index contributed by atoms with van der Waals surface area (Å²) in [6.45, 7) is 4.41. The number of carboxylic acid groups (broad SMARTS) is 1. The van der Waals surface area contributed by atoms with E-state index in [4.69, 9.17) is 16.7 Å². The van der Waals surface area contributed by atoms with Gasteiger partial charge in [0, 0.05) is 5.75 Å². The molecule has 1 saturated heterocycles. The van der Waals surface area contributed by atoms with Crippen molar-refractivity contribution in [3.05, 3.63) is 16.4 Å². The van der Waals surface area contributed by atoms with E-state index in [1.807, 2.05) is 18.5 Å². The molecule has 0 aromatic carbocycles. The molecular formula is C10H14ClN3O2S. The predicted molar refractivity (Wildman–Crippen MR) is 67.5 cm³/mol. The summed E-state index contributed by atoms with van der Waals surface area (Å²) in [4.78, 5) is 10.8. The third kappa shape index (κ3) is 2.59. The van der Waals surface area contributed by atoms with Crippen LogP contribution in [0.4, 0.5) is 0 Å². The molecule has 0 spiro atoms. The molecule has 2 N–H and O–H groups in total. The highest BCUT2D eigenvalue weighted by Crippen LogP contribution is 2.24. The molecule has 1 aliphatic heterocycles. The maximum atomic E-state index is 10.8. The predicted octanol–water partition coefficient (Wildman–Crippen LogP) is 1.27. The summed E-state index contributed by atoms with van der Waals surface area (Å²) < 4.78 is 1.83. The molecule has 0 saturated carbocycles. The fraction of sp³-hybridized carbons (Fsp3) is 0.600. The van der Waals surface area contributed by atoms with Crippen molar-refractivity contribution < 1.29 is 9.90 Å². The number of rotatable bonds is 3. The molecule has 2 atom stereocenters. The third-order valence-corrected chi connectivity index (χ3v) is 4.54. The van der Waals surface area contributed by atoms with E-state index in [0.717, 1.165) is 11.4 Å². The summed E-state index contributed by atoms with van der Waals surface area (Å²) in [6.07, 6.45) is 0. The van der Waals surface area contributed by atoms with Gasteiger partial charge in [-0.15, -0.1) is 11.8 Å². The van der Waals surface area contributed by atoms with Crippen LogP contribution in [0.1, 0.15) is 11.4 Å². The number of aromatic nitrogens is 2. The molecule has 7 heteroatoms. The zero-order valence-corrected chi connectivity index (χ0v) is 11.2. The third-order valence-electron chi connectivity index (χ3n) is 2.78. The smallest absolute Gasteiger partial charge is 0.321 e. The largest absolute Gasteiger partial charge is 0.480 e. The Morgan fingerprint density at radius 1 is 1.71 bits per heavy atom. The molecule has 1 aliphatic rings. The molecule has 0 bridgehead atoms. The summed E-state index contributed by atoms with van der Waals surface area (Å²) >= 11 is 7.66. The monoisotopic (exact) mass is 275 g/mol. The second kappa shape index (κ2) is 4.88. The zero-order chi connectivity index (χ0) is 12.6. The minimum atomic E-state index is -0.800. The van der Waals surface area contributed by atoms with Gasteiger partial charge in [-0.25, -0.2) is 0 Å². The van der Waals surface area contributed by atoms with Gasteiger partial charge in [0.15, 0.2) is 0 Å². The van der Waals surface area contributed by atoms with Crippen molar-refractivity contribution in [2.24, 2.45) is 0 Å².